The van der Waals surface area contributed by atoms with Gasteiger partial charge in [-0.05, 0) is 36.1 Å². The molecule has 37 heavy (non-hydrogen) atoms. The average molecular weight is 497 g/mol. The lowest BCUT2D eigenvalue weighted by atomic mass is 9.90. The van der Waals surface area contributed by atoms with Crippen LogP contribution in [0.15, 0.2) is 97.1 Å². The van der Waals surface area contributed by atoms with E-state index < -0.39 is 9.85 Å². The third-order valence-corrected chi connectivity index (χ3v) is 6.50. The van der Waals surface area contributed by atoms with Crippen molar-refractivity contribution in [1.29, 1.82) is 0 Å². The number of hydrogen-bond donors (Lipinski definition) is 0. The topological polar surface area (TPSA) is 95.5 Å². The molecule has 0 saturated carbocycles. The summed E-state index contributed by atoms with van der Waals surface area (Å²) in [5.74, 6) is -0.437. The zero-order chi connectivity index (χ0) is 26.4. The van der Waals surface area contributed by atoms with Crippen LogP contribution in [0.4, 0.5) is 11.4 Å². The molecule has 0 saturated heterocycles. The molecule has 0 radical (unpaired) electrons. The van der Waals surface area contributed by atoms with Crippen molar-refractivity contribution in [3.63, 3.8) is 0 Å². The lowest BCUT2D eigenvalue weighted by molar-refractivity contribution is -0.385. The number of rotatable bonds is 10. The van der Waals surface area contributed by atoms with Gasteiger partial charge in [0.1, 0.15) is 0 Å². The molecule has 0 fully saturated rings. The van der Waals surface area contributed by atoms with E-state index in [-0.39, 0.29) is 23.2 Å². The highest BCUT2D eigenvalue weighted by Gasteiger charge is 2.21. The molecule has 4 aromatic carbocycles. The summed E-state index contributed by atoms with van der Waals surface area (Å²) in [5.41, 5.74) is 5.87. The monoisotopic (exact) mass is 496 g/mol. The average Bonchev–Trinajstić information content (AvgIpc) is 2.90. The van der Waals surface area contributed by atoms with E-state index in [4.69, 9.17) is 4.74 Å². The van der Waals surface area contributed by atoms with Crippen LogP contribution in [-0.4, -0.2) is 23.1 Å². The van der Waals surface area contributed by atoms with Crippen molar-refractivity contribution >= 4 is 11.4 Å². The number of aryl methyl sites for hydroxylation is 2. The Morgan fingerprint density at radius 3 is 1.32 bits per heavy atom. The summed E-state index contributed by atoms with van der Waals surface area (Å²) in [4.78, 5) is 22.0. The number of nitro benzene ring substituents is 2. The lowest BCUT2D eigenvalue weighted by Crippen LogP contribution is -2.15. The van der Waals surface area contributed by atoms with E-state index in [1.165, 1.54) is 12.1 Å². The van der Waals surface area contributed by atoms with Crippen LogP contribution in [0.2, 0.25) is 0 Å². The van der Waals surface area contributed by atoms with Gasteiger partial charge in [0.2, 0.25) is 0 Å². The summed E-state index contributed by atoms with van der Waals surface area (Å²) < 4.78 is 6.30. The van der Waals surface area contributed by atoms with E-state index in [1.807, 2.05) is 74.5 Å². The van der Waals surface area contributed by atoms with Crippen molar-refractivity contribution in [2.75, 3.05) is 13.2 Å². The van der Waals surface area contributed by atoms with E-state index in [9.17, 15) is 20.2 Å². The van der Waals surface area contributed by atoms with Crippen LogP contribution in [0.1, 0.15) is 45.2 Å². The number of ether oxygens (including phenoxy) is 1. The number of nitrogens with zero attached hydrogens (tertiary/aromatic N) is 2. The van der Waals surface area contributed by atoms with Crippen LogP contribution in [0, 0.1) is 34.1 Å². The normalized spacial score (nSPS) is 12.6. The molecule has 188 valence electrons. The molecule has 0 bridgehead atoms. The first-order valence-corrected chi connectivity index (χ1v) is 12.0. The standard InChI is InChI=1S/C30H28N2O5/c1-21-9-13-23(14-10-21)29(25-5-3-7-27(17-25)31(33)34)19-37-20-30(24-15-11-22(2)12-16-24)26-6-4-8-28(18-26)32(35)36/h3-18,29-30H,19-20H2,1-2H3. The van der Waals surface area contributed by atoms with Crippen LogP contribution in [0.3, 0.4) is 0 Å². The fraction of sp³-hybridized carbons (Fsp3) is 0.200. The van der Waals surface area contributed by atoms with Crippen LogP contribution in [-0.2, 0) is 4.74 Å². The molecule has 0 N–H and O–H groups in total. The molecule has 0 heterocycles. The molecule has 2 atom stereocenters. The number of non-ortho nitro benzene ring substituents is 2. The second-order valence-corrected chi connectivity index (χ2v) is 9.17. The fourth-order valence-corrected chi connectivity index (χ4v) is 4.38. The summed E-state index contributed by atoms with van der Waals surface area (Å²) in [5, 5.41) is 22.8. The van der Waals surface area contributed by atoms with E-state index >= 15 is 0 Å². The Labute approximate surface area is 215 Å². The van der Waals surface area contributed by atoms with Gasteiger partial charge in [-0.3, -0.25) is 20.2 Å². The predicted molar refractivity (Wildman–Crippen MR) is 143 cm³/mol. The van der Waals surface area contributed by atoms with Crippen molar-refractivity contribution in [3.05, 3.63) is 151 Å². The van der Waals surface area contributed by atoms with Gasteiger partial charge in [-0.1, -0.05) is 83.9 Å². The Balaban J connectivity index is 1.63. The third kappa shape index (κ3) is 6.45. The molecular weight excluding hydrogens is 468 g/mol. The van der Waals surface area contributed by atoms with Crippen LogP contribution >= 0.6 is 0 Å². The molecular formula is C30H28N2O5. The maximum Gasteiger partial charge on any atom is 0.269 e. The zero-order valence-corrected chi connectivity index (χ0v) is 20.7. The van der Waals surface area contributed by atoms with Crippen molar-refractivity contribution < 1.29 is 14.6 Å². The number of hydrogen-bond acceptors (Lipinski definition) is 5. The quantitative estimate of drug-likeness (QED) is 0.172. The predicted octanol–water partition coefficient (Wildman–Crippen LogP) is 7.10. The Bertz CT molecular complexity index is 1280. The molecule has 0 amide bonds. The van der Waals surface area contributed by atoms with Gasteiger partial charge in [0.05, 0.1) is 23.1 Å². The van der Waals surface area contributed by atoms with E-state index in [0.717, 1.165) is 33.4 Å². The Kier molecular flexibility index (Phi) is 8.05. The van der Waals surface area contributed by atoms with Crippen molar-refractivity contribution in [2.24, 2.45) is 0 Å². The lowest BCUT2D eigenvalue weighted by Gasteiger charge is -2.22. The molecule has 0 aliphatic heterocycles. The largest absolute Gasteiger partial charge is 0.379 e. The molecule has 0 spiro atoms. The highest BCUT2D eigenvalue weighted by molar-refractivity contribution is 5.42. The molecule has 0 aromatic heterocycles. The molecule has 4 rings (SSSR count). The van der Waals surface area contributed by atoms with Gasteiger partial charge in [-0.15, -0.1) is 0 Å². The van der Waals surface area contributed by atoms with Gasteiger partial charge in [-0.25, -0.2) is 0 Å². The third-order valence-electron chi connectivity index (χ3n) is 6.50. The highest BCUT2D eigenvalue weighted by Crippen LogP contribution is 2.31. The van der Waals surface area contributed by atoms with E-state index in [1.54, 1.807) is 24.3 Å². The maximum absolute atomic E-state index is 11.4. The number of nitro groups is 2. The summed E-state index contributed by atoms with van der Waals surface area (Å²) in [6, 6.07) is 29.4. The minimum atomic E-state index is -0.397. The smallest absolute Gasteiger partial charge is 0.269 e. The molecule has 2 unspecified atom stereocenters. The van der Waals surface area contributed by atoms with E-state index in [0.29, 0.717) is 13.2 Å². The van der Waals surface area contributed by atoms with Crippen molar-refractivity contribution in [1.82, 2.24) is 0 Å². The van der Waals surface area contributed by atoms with Gasteiger partial charge in [-0.2, -0.15) is 0 Å². The van der Waals surface area contributed by atoms with Crippen LogP contribution in [0.25, 0.3) is 0 Å². The van der Waals surface area contributed by atoms with E-state index in [2.05, 4.69) is 0 Å². The number of benzene rings is 4. The Morgan fingerprint density at radius 1 is 0.595 bits per heavy atom. The first-order valence-electron chi connectivity index (χ1n) is 12.0. The minimum absolute atomic E-state index is 0.0312. The SMILES string of the molecule is Cc1ccc(C(COCC(c2ccc(C)cc2)c2cccc([N+](=O)[O-])c2)c2cccc([N+](=O)[O-])c2)cc1. The highest BCUT2D eigenvalue weighted by atomic mass is 16.6. The van der Waals surface area contributed by atoms with Crippen LogP contribution in [0.5, 0.6) is 0 Å². The zero-order valence-electron chi connectivity index (χ0n) is 20.7. The fourth-order valence-electron chi connectivity index (χ4n) is 4.38. The molecule has 4 aromatic rings. The first kappa shape index (κ1) is 25.7. The van der Waals surface area contributed by atoms with Crippen molar-refractivity contribution in [2.45, 2.75) is 25.7 Å². The van der Waals surface area contributed by atoms with Gasteiger partial charge in [0, 0.05) is 36.1 Å². The summed E-state index contributed by atoms with van der Waals surface area (Å²) >= 11 is 0. The summed E-state index contributed by atoms with van der Waals surface area (Å²) in [6.07, 6.45) is 0. The van der Waals surface area contributed by atoms with Gasteiger partial charge < -0.3 is 4.74 Å². The Morgan fingerprint density at radius 2 is 0.973 bits per heavy atom. The Hall–Kier alpha value is -4.36. The molecule has 7 nitrogen and oxygen atoms in total. The van der Waals surface area contributed by atoms with Gasteiger partial charge in [0.15, 0.2) is 0 Å². The second kappa shape index (κ2) is 11.6. The molecule has 7 heteroatoms. The molecule has 0 aliphatic carbocycles. The van der Waals surface area contributed by atoms with Gasteiger partial charge in [0.25, 0.3) is 11.4 Å². The maximum atomic E-state index is 11.4. The van der Waals surface area contributed by atoms with Crippen LogP contribution < -0.4 is 0 Å². The minimum Gasteiger partial charge on any atom is -0.379 e. The molecule has 0 aliphatic rings. The van der Waals surface area contributed by atoms with Gasteiger partial charge >= 0.3 is 0 Å². The second-order valence-electron chi connectivity index (χ2n) is 9.17. The first-order chi connectivity index (χ1) is 17.8. The summed E-state index contributed by atoms with van der Waals surface area (Å²) in [7, 11) is 0. The van der Waals surface area contributed by atoms with Crippen molar-refractivity contribution in [3.8, 4) is 0 Å². The summed E-state index contributed by atoms with van der Waals surface area (Å²) in [6.45, 7) is 4.60.